The molecule has 0 aromatic rings. The van der Waals surface area contributed by atoms with E-state index in [1.54, 1.807) is 4.90 Å². The van der Waals surface area contributed by atoms with Crippen LogP contribution in [-0.2, 0) is 14.6 Å². The van der Waals surface area contributed by atoms with E-state index in [0.29, 0.717) is 13.1 Å². The summed E-state index contributed by atoms with van der Waals surface area (Å²) in [6.45, 7) is 9.26. The molecule has 1 rings (SSSR count). The van der Waals surface area contributed by atoms with Gasteiger partial charge in [0, 0.05) is 38.0 Å². The van der Waals surface area contributed by atoms with E-state index in [1.807, 2.05) is 0 Å². The molecule has 0 bridgehead atoms. The minimum absolute atomic E-state index is 0.103. The fourth-order valence-corrected chi connectivity index (χ4v) is 2.57. The highest BCUT2D eigenvalue weighted by atomic mass is 32.2. The SMILES string of the molecule is CC(C)(C)N1CCN(C(=O)CS(C)(=O)=O)CC1. The average Bonchev–Trinajstić information content (AvgIpc) is 2.14. The Morgan fingerprint density at radius 2 is 1.59 bits per heavy atom. The Hall–Kier alpha value is -0.620. The molecule has 1 aliphatic rings. The van der Waals surface area contributed by atoms with Crippen LogP contribution in [0.25, 0.3) is 0 Å². The molecule has 1 heterocycles. The van der Waals surface area contributed by atoms with Crippen LogP contribution in [0, 0.1) is 0 Å². The number of nitrogens with zero attached hydrogens (tertiary/aromatic N) is 2. The molecule has 0 radical (unpaired) electrons. The summed E-state index contributed by atoms with van der Waals surface area (Å²) in [7, 11) is -3.22. The highest BCUT2D eigenvalue weighted by Crippen LogP contribution is 2.15. The van der Waals surface area contributed by atoms with Crippen molar-refractivity contribution in [3.05, 3.63) is 0 Å². The van der Waals surface area contributed by atoms with Crippen LogP contribution < -0.4 is 0 Å². The molecule has 1 fully saturated rings. The summed E-state index contributed by atoms with van der Waals surface area (Å²) in [6, 6.07) is 0. The predicted octanol–water partition coefficient (Wildman–Crippen LogP) is -0.0263. The summed E-state index contributed by atoms with van der Waals surface area (Å²) in [6.07, 6.45) is 1.09. The van der Waals surface area contributed by atoms with E-state index >= 15 is 0 Å². The molecule has 6 heteroatoms. The third-order valence-electron chi connectivity index (χ3n) is 2.97. The molecular formula is C11H22N2O3S. The molecule has 100 valence electrons. The molecule has 0 N–H and O–H groups in total. The molecule has 0 aromatic carbocycles. The summed E-state index contributed by atoms with van der Waals surface area (Å²) in [5, 5.41) is 0. The highest BCUT2D eigenvalue weighted by Gasteiger charge is 2.28. The van der Waals surface area contributed by atoms with E-state index in [0.717, 1.165) is 19.3 Å². The van der Waals surface area contributed by atoms with Crippen LogP contribution >= 0.6 is 0 Å². The summed E-state index contributed by atoms with van der Waals surface area (Å²) in [4.78, 5) is 15.6. The Kier molecular flexibility index (Phi) is 4.19. The van der Waals surface area contributed by atoms with Crippen LogP contribution in [0.5, 0.6) is 0 Å². The Morgan fingerprint density at radius 3 is 1.94 bits per heavy atom. The van der Waals surface area contributed by atoms with Crippen LogP contribution in [0.4, 0.5) is 0 Å². The normalized spacial score (nSPS) is 19.4. The summed E-state index contributed by atoms with van der Waals surface area (Å²) in [5.74, 6) is -0.649. The maximum atomic E-state index is 11.7. The molecule has 0 saturated carbocycles. The molecular weight excluding hydrogens is 240 g/mol. The smallest absolute Gasteiger partial charge is 0.237 e. The van der Waals surface area contributed by atoms with Crippen molar-refractivity contribution < 1.29 is 13.2 Å². The van der Waals surface area contributed by atoms with Gasteiger partial charge in [-0.05, 0) is 20.8 Å². The third-order valence-corrected chi connectivity index (χ3v) is 3.74. The van der Waals surface area contributed by atoms with Crippen molar-refractivity contribution in [3.8, 4) is 0 Å². The maximum Gasteiger partial charge on any atom is 0.237 e. The Morgan fingerprint density at radius 1 is 1.12 bits per heavy atom. The van der Waals surface area contributed by atoms with Gasteiger partial charge in [-0.1, -0.05) is 0 Å². The van der Waals surface area contributed by atoms with Crippen molar-refractivity contribution in [2.75, 3.05) is 38.2 Å². The predicted molar refractivity (Wildman–Crippen MR) is 67.6 cm³/mol. The summed E-state index contributed by atoms with van der Waals surface area (Å²) < 4.78 is 22.1. The summed E-state index contributed by atoms with van der Waals surface area (Å²) in [5.41, 5.74) is 0.103. The van der Waals surface area contributed by atoms with Crippen molar-refractivity contribution >= 4 is 15.7 Å². The van der Waals surface area contributed by atoms with E-state index in [9.17, 15) is 13.2 Å². The monoisotopic (exact) mass is 262 g/mol. The van der Waals surface area contributed by atoms with Gasteiger partial charge in [0.1, 0.15) is 5.75 Å². The molecule has 1 amide bonds. The van der Waals surface area contributed by atoms with E-state index in [2.05, 4.69) is 25.7 Å². The van der Waals surface area contributed by atoms with Gasteiger partial charge >= 0.3 is 0 Å². The van der Waals surface area contributed by atoms with Crippen LogP contribution in [0.2, 0.25) is 0 Å². The van der Waals surface area contributed by atoms with Crippen molar-refractivity contribution in [3.63, 3.8) is 0 Å². The Bertz CT molecular complexity index is 376. The van der Waals surface area contributed by atoms with Crippen molar-refractivity contribution in [2.45, 2.75) is 26.3 Å². The number of carbonyl (C=O) groups is 1. The van der Waals surface area contributed by atoms with Gasteiger partial charge in [-0.3, -0.25) is 9.69 Å². The number of piperazine rings is 1. The van der Waals surface area contributed by atoms with Gasteiger partial charge in [-0.25, -0.2) is 8.42 Å². The number of sulfone groups is 1. The Balaban J connectivity index is 2.50. The van der Waals surface area contributed by atoms with Crippen LogP contribution in [0.1, 0.15) is 20.8 Å². The lowest BCUT2D eigenvalue weighted by atomic mass is 10.1. The molecule has 0 atom stereocenters. The second kappa shape index (κ2) is 4.94. The molecule has 0 aromatic heterocycles. The lowest BCUT2D eigenvalue weighted by Gasteiger charge is -2.42. The second-order valence-corrected chi connectivity index (χ2v) is 7.75. The van der Waals surface area contributed by atoms with Gasteiger partial charge in [0.05, 0.1) is 0 Å². The first-order valence-corrected chi connectivity index (χ1v) is 7.86. The minimum atomic E-state index is -3.22. The lowest BCUT2D eigenvalue weighted by Crippen LogP contribution is -2.55. The number of rotatable bonds is 2. The molecule has 1 saturated heterocycles. The number of hydrogen-bond acceptors (Lipinski definition) is 4. The number of hydrogen-bond donors (Lipinski definition) is 0. The first kappa shape index (κ1) is 14.4. The van der Waals surface area contributed by atoms with E-state index in [-0.39, 0.29) is 17.2 Å². The van der Waals surface area contributed by atoms with Crippen molar-refractivity contribution in [1.29, 1.82) is 0 Å². The molecule has 0 spiro atoms. The first-order chi connectivity index (χ1) is 7.59. The number of amides is 1. The topological polar surface area (TPSA) is 57.7 Å². The second-order valence-electron chi connectivity index (χ2n) is 5.61. The lowest BCUT2D eigenvalue weighted by molar-refractivity contribution is -0.130. The zero-order chi connectivity index (χ0) is 13.3. The van der Waals surface area contributed by atoms with Crippen molar-refractivity contribution in [1.82, 2.24) is 9.80 Å². The molecule has 0 unspecified atom stereocenters. The third kappa shape index (κ3) is 4.63. The van der Waals surface area contributed by atoms with Gasteiger partial charge in [-0.15, -0.1) is 0 Å². The van der Waals surface area contributed by atoms with Gasteiger partial charge in [0.25, 0.3) is 0 Å². The van der Waals surface area contributed by atoms with Gasteiger partial charge in [0.2, 0.25) is 5.91 Å². The molecule has 5 nitrogen and oxygen atoms in total. The van der Waals surface area contributed by atoms with Gasteiger partial charge in [0.15, 0.2) is 9.84 Å². The molecule has 17 heavy (non-hydrogen) atoms. The minimum Gasteiger partial charge on any atom is -0.339 e. The van der Waals surface area contributed by atoms with Gasteiger partial charge < -0.3 is 4.90 Å². The maximum absolute atomic E-state index is 11.7. The Labute approximate surface area is 104 Å². The first-order valence-electron chi connectivity index (χ1n) is 5.80. The fraction of sp³-hybridized carbons (Fsp3) is 0.909. The van der Waals surface area contributed by atoms with Crippen molar-refractivity contribution in [2.24, 2.45) is 0 Å². The zero-order valence-corrected chi connectivity index (χ0v) is 11.9. The fourth-order valence-electron chi connectivity index (χ4n) is 1.94. The standard InChI is InChI=1S/C11H22N2O3S/c1-11(2,3)13-7-5-12(6-8-13)10(14)9-17(4,15)16/h5-9H2,1-4H3. The van der Waals surface area contributed by atoms with Crippen LogP contribution in [0.3, 0.4) is 0 Å². The summed E-state index contributed by atoms with van der Waals surface area (Å²) >= 11 is 0. The average molecular weight is 262 g/mol. The van der Waals surface area contributed by atoms with E-state index in [1.165, 1.54) is 0 Å². The largest absolute Gasteiger partial charge is 0.339 e. The highest BCUT2D eigenvalue weighted by molar-refractivity contribution is 7.91. The van der Waals surface area contributed by atoms with Gasteiger partial charge in [-0.2, -0.15) is 0 Å². The molecule has 1 aliphatic heterocycles. The number of carbonyl (C=O) groups excluding carboxylic acids is 1. The zero-order valence-electron chi connectivity index (χ0n) is 11.1. The van der Waals surface area contributed by atoms with E-state index in [4.69, 9.17) is 0 Å². The van der Waals surface area contributed by atoms with E-state index < -0.39 is 9.84 Å². The molecule has 0 aliphatic carbocycles. The quantitative estimate of drug-likeness (QED) is 0.701. The van der Waals surface area contributed by atoms with Crippen LogP contribution in [-0.4, -0.2) is 67.9 Å². The van der Waals surface area contributed by atoms with Crippen LogP contribution in [0.15, 0.2) is 0 Å².